The molecule has 4 nitrogen and oxygen atoms in total. The number of rotatable bonds is 5. The lowest BCUT2D eigenvalue weighted by Crippen LogP contribution is -3.00. The molecule has 0 saturated heterocycles. The number of hydrogen-bond acceptors (Lipinski definition) is 4. The fourth-order valence-electron chi connectivity index (χ4n) is 5.21. The number of hydrogen-bond donors (Lipinski definition) is 3. The van der Waals surface area contributed by atoms with E-state index < -0.39 is 0 Å². The molecule has 4 rings (SSSR count). The summed E-state index contributed by atoms with van der Waals surface area (Å²) in [6.07, 6.45) is 3.96. The van der Waals surface area contributed by atoms with Gasteiger partial charge in [0.05, 0.1) is 19.0 Å². The van der Waals surface area contributed by atoms with Gasteiger partial charge in [0, 0.05) is 29.1 Å². The minimum atomic E-state index is 0. The second-order valence-corrected chi connectivity index (χ2v) is 10.9. The van der Waals surface area contributed by atoms with Gasteiger partial charge in [0.1, 0.15) is 11.3 Å². The van der Waals surface area contributed by atoms with Gasteiger partial charge in [-0.2, -0.15) is 25.3 Å². The Morgan fingerprint density at radius 2 is 1.84 bits per heavy atom. The van der Waals surface area contributed by atoms with Gasteiger partial charge >= 0.3 is 5.95 Å². The largest absolute Gasteiger partial charge is 1.00 e. The maximum Gasteiger partial charge on any atom is 0.402 e. The summed E-state index contributed by atoms with van der Waals surface area (Å²) in [4.78, 5) is 8.56. The fraction of sp³-hybridized carbons (Fsp3) is 0.500. The Morgan fingerprint density at radius 1 is 1.19 bits per heavy atom. The van der Waals surface area contributed by atoms with E-state index >= 15 is 0 Å². The lowest BCUT2D eigenvalue weighted by atomic mass is 9.82. The van der Waals surface area contributed by atoms with Gasteiger partial charge in [-0.3, -0.25) is 0 Å². The van der Waals surface area contributed by atoms with E-state index in [0.29, 0.717) is 5.75 Å². The third kappa shape index (κ3) is 4.19. The van der Waals surface area contributed by atoms with Crippen LogP contribution in [0.25, 0.3) is 17.0 Å². The molecule has 2 aromatic heterocycles. The number of nitrogens with one attached hydrogen (secondary N) is 1. The van der Waals surface area contributed by atoms with E-state index in [2.05, 4.69) is 81.6 Å². The molecule has 0 bridgehead atoms. The molecule has 1 N–H and O–H groups in total. The van der Waals surface area contributed by atoms with Gasteiger partial charge in [-0.05, 0) is 47.4 Å². The summed E-state index contributed by atoms with van der Waals surface area (Å²) < 4.78 is 7.69. The average Bonchev–Trinajstić information content (AvgIpc) is 3.17. The molecule has 0 fully saturated rings. The van der Waals surface area contributed by atoms with Crippen LogP contribution in [0.5, 0.6) is 5.75 Å². The zero-order valence-electron chi connectivity index (χ0n) is 19.1. The number of thiol groups is 2. The molecule has 31 heavy (non-hydrogen) atoms. The van der Waals surface area contributed by atoms with E-state index in [0.717, 1.165) is 46.8 Å². The van der Waals surface area contributed by atoms with Crippen molar-refractivity contribution in [2.75, 3.05) is 12.9 Å². The molecule has 1 aliphatic carbocycles. The van der Waals surface area contributed by atoms with Gasteiger partial charge in [-0.15, -0.1) is 0 Å². The number of aromatic amines is 1. The number of nitrogens with zero attached hydrogens (tertiary/aromatic N) is 2. The van der Waals surface area contributed by atoms with Crippen LogP contribution in [0.4, 0.5) is 0 Å². The second-order valence-electron chi connectivity index (χ2n) is 9.79. The summed E-state index contributed by atoms with van der Waals surface area (Å²) in [6.45, 7) is 11.4. The number of imidazole rings is 1. The number of aromatic nitrogens is 3. The van der Waals surface area contributed by atoms with Gasteiger partial charge in [0.2, 0.25) is 0 Å². The van der Waals surface area contributed by atoms with Crippen molar-refractivity contribution in [3.63, 3.8) is 0 Å². The van der Waals surface area contributed by atoms with Crippen LogP contribution in [0, 0.1) is 6.92 Å². The summed E-state index contributed by atoms with van der Waals surface area (Å²) in [6, 6.07) is 6.58. The molecule has 1 unspecified atom stereocenters. The van der Waals surface area contributed by atoms with Crippen LogP contribution in [0.2, 0.25) is 0 Å². The molecule has 0 spiro atoms. The number of benzene rings is 1. The van der Waals surface area contributed by atoms with Crippen LogP contribution in [0.15, 0.2) is 24.4 Å². The summed E-state index contributed by atoms with van der Waals surface area (Å²) in [7, 11) is 1.71. The highest BCUT2D eigenvalue weighted by molar-refractivity contribution is 7.84. The zero-order valence-corrected chi connectivity index (χ0v) is 21.6. The molecule has 0 radical (unpaired) electrons. The van der Waals surface area contributed by atoms with E-state index in [1.54, 1.807) is 7.11 Å². The molecule has 0 saturated carbocycles. The number of halogens is 1. The highest BCUT2D eigenvalue weighted by Gasteiger charge is 2.42. The molecular formula is C24H32ClN3OS2. The first-order valence-electron chi connectivity index (χ1n) is 10.5. The maximum absolute atomic E-state index is 5.56. The topological polar surface area (TPSA) is 41.8 Å². The highest BCUT2D eigenvalue weighted by Crippen LogP contribution is 2.50. The molecule has 0 amide bonds. The fourth-order valence-corrected chi connectivity index (χ4v) is 5.51. The predicted octanol–water partition coefficient (Wildman–Crippen LogP) is 1.89. The summed E-state index contributed by atoms with van der Waals surface area (Å²) >= 11 is 9.11. The lowest BCUT2D eigenvalue weighted by molar-refractivity contribution is -0.612. The van der Waals surface area contributed by atoms with Crippen molar-refractivity contribution in [1.82, 2.24) is 9.97 Å². The Bertz CT molecular complexity index is 1070. The Balaban J connectivity index is 0.00000272. The van der Waals surface area contributed by atoms with E-state index in [1.165, 1.54) is 11.1 Å². The molecule has 1 atom stereocenters. The maximum atomic E-state index is 5.56. The first-order valence-corrected chi connectivity index (χ1v) is 11.6. The third-order valence-electron chi connectivity index (χ3n) is 6.51. The second kappa shape index (κ2) is 8.53. The SMILES string of the molecule is COc1cc[n+](-c2nc3cc4c(cc3[nH]2)C(C)(C)CC4(C)C)c(CC(S)CS)c1C.[Cl-]. The first-order chi connectivity index (χ1) is 14.1. The molecule has 3 aromatic rings. The molecule has 0 aliphatic heterocycles. The Kier molecular flexibility index (Phi) is 6.68. The van der Waals surface area contributed by atoms with E-state index in [1.807, 2.05) is 12.3 Å². The van der Waals surface area contributed by atoms with Gasteiger partial charge in [0.15, 0.2) is 5.52 Å². The molecule has 1 aromatic carbocycles. The molecule has 1 aliphatic rings. The minimum absolute atomic E-state index is 0. The number of fused-ring (bicyclic) bond motifs is 2. The highest BCUT2D eigenvalue weighted by atomic mass is 35.5. The van der Waals surface area contributed by atoms with E-state index in [4.69, 9.17) is 9.72 Å². The van der Waals surface area contributed by atoms with Crippen molar-refractivity contribution in [1.29, 1.82) is 0 Å². The molecule has 168 valence electrons. The number of methoxy groups -OCH3 is 1. The minimum Gasteiger partial charge on any atom is -1.00 e. The van der Waals surface area contributed by atoms with Crippen LogP contribution >= 0.6 is 25.3 Å². The number of H-pyrrole nitrogens is 1. The normalized spacial score (nSPS) is 17.3. The van der Waals surface area contributed by atoms with Gasteiger partial charge in [-0.25, -0.2) is 9.55 Å². The molecule has 7 heteroatoms. The molecular weight excluding hydrogens is 446 g/mol. The van der Waals surface area contributed by atoms with Crippen LogP contribution in [0.1, 0.15) is 56.5 Å². The van der Waals surface area contributed by atoms with Crippen molar-refractivity contribution in [3.05, 3.63) is 46.8 Å². The quantitative estimate of drug-likeness (QED) is 0.388. The zero-order chi connectivity index (χ0) is 21.8. The lowest BCUT2D eigenvalue weighted by Gasteiger charge is -2.22. The summed E-state index contributed by atoms with van der Waals surface area (Å²) in [5.74, 6) is 2.40. The van der Waals surface area contributed by atoms with Crippen LogP contribution in [0.3, 0.4) is 0 Å². The summed E-state index contributed by atoms with van der Waals surface area (Å²) in [5.41, 5.74) is 7.50. The Labute approximate surface area is 202 Å². The van der Waals surface area contributed by atoms with Gasteiger partial charge < -0.3 is 17.1 Å². The van der Waals surface area contributed by atoms with Crippen molar-refractivity contribution >= 4 is 36.3 Å². The van der Waals surface area contributed by atoms with Crippen LogP contribution < -0.4 is 21.7 Å². The van der Waals surface area contributed by atoms with Crippen molar-refractivity contribution < 1.29 is 21.7 Å². The van der Waals surface area contributed by atoms with E-state index in [-0.39, 0.29) is 28.5 Å². The monoisotopic (exact) mass is 477 g/mol. The van der Waals surface area contributed by atoms with Crippen molar-refractivity contribution in [2.45, 2.75) is 63.5 Å². The van der Waals surface area contributed by atoms with Crippen LogP contribution in [-0.4, -0.2) is 28.1 Å². The third-order valence-corrected chi connectivity index (χ3v) is 7.60. The van der Waals surface area contributed by atoms with Crippen LogP contribution in [-0.2, 0) is 17.3 Å². The predicted molar refractivity (Wildman–Crippen MR) is 130 cm³/mol. The number of pyridine rings is 1. The first kappa shape index (κ1) is 24.3. The Morgan fingerprint density at radius 3 is 2.45 bits per heavy atom. The standard InChI is InChI=1S/C24H31N3OS2.ClH/c1-14-20(9-15(30)12-29)27(8-7-21(14)28-6)22-25-18-10-16-17(11-19(18)26-22)24(4,5)13-23(16,2)3;/h7-8,10-11,15H,9,12-13H2,1-6H3,(H2-,25,26,29,30);1H. The van der Waals surface area contributed by atoms with Gasteiger partial charge in [-0.1, -0.05) is 32.7 Å². The number of ether oxygens (including phenoxy) is 1. The summed E-state index contributed by atoms with van der Waals surface area (Å²) in [5, 5.41) is 0.153. The average molecular weight is 478 g/mol. The smallest absolute Gasteiger partial charge is 0.402 e. The van der Waals surface area contributed by atoms with Gasteiger partial charge in [0.25, 0.3) is 0 Å². The van der Waals surface area contributed by atoms with Crippen molar-refractivity contribution in [2.24, 2.45) is 0 Å². The van der Waals surface area contributed by atoms with Crippen molar-refractivity contribution in [3.8, 4) is 11.7 Å². The molecule has 2 heterocycles. The Hall–Kier alpha value is -1.37. The van der Waals surface area contributed by atoms with E-state index in [9.17, 15) is 0 Å².